The van der Waals surface area contributed by atoms with Crippen LogP contribution in [0.4, 0.5) is 5.69 Å². The van der Waals surface area contributed by atoms with Crippen molar-refractivity contribution in [1.82, 2.24) is 4.31 Å². The molecule has 0 radical (unpaired) electrons. The fourth-order valence-electron chi connectivity index (χ4n) is 2.18. The van der Waals surface area contributed by atoms with Crippen molar-refractivity contribution in [3.05, 3.63) is 59.7 Å². The summed E-state index contributed by atoms with van der Waals surface area (Å²) in [5, 5.41) is 2.67. The zero-order valence-electron chi connectivity index (χ0n) is 14.6. The van der Waals surface area contributed by atoms with E-state index in [1.54, 1.807) is 24.3 Å². The SMILES string of the molecule is CN(C)S(=O)(=O)c1ccc(NC(=O)c2ccc(CS(C)(=O)=O)cc2)cc1. The highest BCUT2D eigenvalue weighted by molar-refractivity contribution is 7.90. The van der Waals surface area contributed by atoms with E-state index in [2.05, 4.69) is 5.32 Å². The molecule has 1 N–H and O–H groups in total. The van der Waals surface area contributed by atoms with Crippen LogP contribution in [0, 0.1) is 0 Å². The van der Waals surface area contributed by atoms with Crippen LogP contribution in [-0.4, -0.2) is 47.4 Å². The first-order valence-corrected chi connectivity index (χ1v) is 11.1. The molecular formula is C17H20N2O5S2. The number of sulfone groups is 1. The van der Waals surface area contributed by atoms with Crippen molar-refractivity contribution in [3.8, 4) is 0 Å². The van der Waals surface area contributed by atoms with Gasteiger partial charge in [0.05, 0.1) is 10.6 Å². The van der Waals surface area contributed by atoms with Crippen LogP contribution in [0.1, 0.15) is 15.9 Å². The van der Waals surface area contributed by atoms with Crippen molar-refractivity contribution in [2.45, 2.75) is 10.6 Å². The molecule has 2 aromatic rings. The Balaban J connectivity index is 2.10. The molecule has 0 heterocycles. The predicted molar refractivity (Wildman–Crippen MR) is 100 cm³/mol. The minimum absolute atomic E-state index is 0.0866. The van der Waals surface area contributed by atoms with E-state index in [1.165, 1.54) is 38.4 Å². The summed E-state index contributed by atoms with van der Waals surface area (Å²) in [5.41, 5.74) is 1.42. The molecule has 0 aliphatic rings. The van der Waals surface area contributed by atoms with Crippen molar-refractivity contribution in [3.63, 3.8) is 0 Å². The number of rotatable bonds is 6. The Morgan fingerprint density at radius 3 is 1.92 bits per heavy atom. The number of amides is 1. The molecule has 0 aliphatic carbocycles. The van der Waals surface area contributed by atoms with Crippen LogP contribution >= 0.6 is 0 Å². The van der Waals surface area contributed by atoms with E-state index in [-0.39, 0.29) is 16.6 Å². The number of carbonyl (C=O) groups is 1. The lowest BCUT2D eigenvalue weighted by Crippen LogP contribution is -2.22. The van der Waals surface area contributed by atoms with E-state index < -0.39 is 19.9 Å². The molecule has 0 atom stereocenters. The zero-order chi connectivity index (χ0) is 19.5. The van der Waals surface area contributed by atoms with Crippen LogP contribution in [0.25, 0.3) is 0 Å². The standard InChI is InChI=1S/C17H20N2O5S2/c1-19(2)26(23,24)16-10-8-15(9-11-16)18-17(20)14-6-4-13(5-7-14)12-25(3,21)22/h4-11H,12H2,1-3H3,(H,18,20). The lowest BCUT2D eigenvalue weighted by atomic mass is 10.1. The molecule has 2 rings (SSSR count). The number of nitrogens with zero attached hydrogens (tertiary/aromatic N) is 1. The predicted octanol–water partition coefficient (Wildman–Crippen LogP) is 1.73. The van der Waals surface area contributed by atoms with Crippen LogP contribution in [-0.2, 0) is 25.6 Å². The van der Waals surface area contributed by atoms with E-state index in [0.29, 0.717) is 16.8 Å². The Kier molecular flexibility index (Phi) is 5.84. The lowest BCUT2D eigenvalue weighted by Gasteiger charge is -2.12. The molecular weight excluding hydrogens is 376 g/mol. The maximum atomic E-state index is 12.2. The number of anilines is 1. The van der Waals surface area contributed by atoms with Gasteiger partial charge in [-0.2, -0.15) is 0 Å². The van der Waals surface area contributed by atoms with Gasteiger partial charge in [-0.1, -0.05) is 12.1 Å². The highest BCUT2D eigenvalue weighted by Crippen LogP contribution is 2.17. The number of benzene rings is 2. The van der Waals surface area contributed by atoms with Crippen molar-refractivity contribution in [2.75, 3.05) is 25.7 Å². The summed E-state index contributed by atoms with van der Waals surface area (Å²) >= 11 is 0. The first-order valence-electron chi connectivity index (χ1n) is 7.60. The summed E-state index contributed by atoms with van der Waals surface area (Å²) in [6.45, 7) is 0. The molecule has 26 heavy (non-hydrogen) atoms. The summed E-state index contributed by atoms with van der Waals surface area (Å²) < 4.78 is 47.7. The monoisotopic (exact) mass is 396 g/mol. The Morgan fingerprint density at radius 1 is 0.923 bits per heavy atom. The quantitative estimate of drug-likeness (QED) is 0.801. The van der Waals surface area contributed by atoms with E-state index in [0.717, 1.165) is 10.6 Å². The van der Waals surface area contributed by atoms with Crippen LogP contribution < -0.4 is 5.32 Å². The molecule has 0 unspecified atom stereocenters. The topological polar surface area (TPSA) is 101 Å². The van der Waals surface area contributed by atoms with Gasteiger partial charge in [-0.3, -0.25) is 4.79 Å². The Labute approximate surface area is 153 Å². The van der Waals surface area contributed by atoms with Gasteiger partial charge in [0.25, 0.3) is 5.91 Å². The maximum absolute atomic E-state index is 12.2. The molecule has 0 spiro atoms. The number of nitrogens with one attached hydrogen (secondary N) is 1. The number of carbonyl (C=O) groups excluding carboxylic acids is 1. The van der Waals surface area contributed by atoms with E-state index in [9.17, 15) is 21.6 Å². The molecule has 0 saturated heterocycles. The van der Waals surface area contributed by atoms with Gasteiger partial charge in [0.15, 0.2) is 9.84 Å². The van der Waals surface area contributed by atoms with Gasteiger partial charge in [-0.25, -0.2) is 21.1 Å². The summed E-state index contributed by atoms with van der Waals surface area (Å²) in [4.78, 5) is 12.4. The van der Waals surface area contributed by atoms with Crippen molar-refractivity contribution in [2.24, 2.45) is 0 Å². The van der Waals surface area contributed by atoms with Crippen molar-refractivity contribution in [1.29, 1.82) is 0 Å². The Hall–Kier alpha value is -2.23. The average Bonchev–Trinajstić information content (AvgIpc) is 2.54. The highest BCUT2D eigenvalue weighted by atomic mass is 32.2. The summed E-state index contributed by atoms with van der Waals surface area (Å²) in [7, 11) is -3.77. The van der Waals surface area contributed by atoms with Crippen LogP contribution in [0.5, 0.6) is 0 Å². The average molecular weight is 396 g/mol. The van der Waals surface area contributed by atoms with Gasteiger partial charge in [0.2, 0.25) is 10.0 Å². The van der Waals surface area contributed by atoms with Crippen molar-refractivity contribution >= 4 is 31.5 Å². The van der Waals surface area contributed by atoms with E-state index >= 15 is 0 Å². The Bertz CT molecular complexity index is 994. The second-order valence-corrected chi connectivity index (χ2v) is 10.3. The van der Waals surface area contributed by atoms with Gasteiger partial charge in [-0.05, 0) is 42.0 Å². The molecule has 1 amide bonds. The molecule has 7 nitrogen and oxygen atoms in total. The number of sulfonamides is 1. The molecule has 0 bridgehead atoms. The van der Waals surface area contributed by atoms with Gasteiger partial charge in [0, 0.05) is 31.6 Å². The summed E-state index contributed by atoms with van der Waals surface area (Å²) in [6, 6.07) is 12.1. The smallest absolute Gasteiger partial charge is 0.255 e. The maximum Gasteiger partial charge on any atom is 0.255 e. The van der Waals surface area contributed by atoms with Gasteiger partial charge < -0.3 is 5.32 Å². The lowest BCUT2D eigenvalue weighted by molar-refractivity contribution is 0.102. The van der Waals surface area contributed by atoms with Crippen LogP contribution in [0.2, 0.25) is 0 Å². The van der Waals surface area contributed by atoms with Gasteiger partial charge >= 0.3 is 0 Å². The molecule has 0 aromatic heterocycles. The molecule has 0 saturated carbocycles. The molecule has 0 aliphatic heterocycles. The third kappa shape index (κ3) is 5.13. The van der Waals surface area contributed by atoms with Gasteiger partial charge in [-0.15, -0.1) is 0 Å². The number of hydrogen-bond acceptors (Lipinski definition) is 5. The third-order valence-corrected chi connectivity index (χ3v) is 6.22. The number of hydrogen-bond donors (Lipinski definition) is 1. The molecule has 0 fully saturated rings. The van der Waals surface area contributed by atoms with E-state index in [1.807, 2.05) is 0 Å². The van der Waals surface area contributed by atoms with Gasteiger partial charge in [0.1, 0.15) is 0 Å². The molecule has 9 heteroatoms. The first-order chi connectivity index (χ1) is 12.0. The van der Waals surface area contributed by atoms with Crippen molar-refractivity contribution < 1.29 is 21.6 Å². The molecule has 2 aromatic carbocycles. The third-order valence-electron chi connectivity index (χ3n) is 3.54. The second kappa shape index (κ2) is 7.56. The fraction of sp³-hybridized carbons (Fsp3) is 0.235. The first kappa shape index (κ1) is 20.1. The normalized spacial score (nSPS) is 12.2. The summed E-state index contributed by atoms with van der Waals surface area (Å²) in [5.74, 6) is -0.462. The van der Waals surface area contributed by atoms with E-state index in [4.69, 9.17) is 0 Å². The minimum atomic E-state index is -3.52. The largest absolute Gasteiger partial charge is 0.322 e. The minimum Gasteiger partial charge on any atom is -0.322 e. The van der Waals surface area contributed by atoms with Crippen LogP contribution in [0.3, 0.4) is 0 Å². The fourth-order valence-corrected chi connectivity index (χ4v) is 3.88. The Morgan fingerprint density at radius 2 is 1.46 bits per heavy atom. The zero-order valence-corrected chi connectivity index (χ0v) is 16.3. The summed E-state index contributed by atoms with van der Waals surface area (Å²) in [6.07, 6.45) is 1.15. The van der Waals surface area contributed by atoms with Crippen LogP contribution in [0.15, 0.2) is 53.4 Å². The highest BCUT2D eigenvalue weighted by Gasteiger charge is 2.17. The molecule has 140 valence electrons. The second-order valence-electron chi connectivity index (χ2n) is 6.03.